The molecular weight excluding hydrogens is 342 g/mol. The Hall–Kier alpha value is -1.76. The van der Waals surface area contributed by atoms with Gasteiger partial charge in [-0.3, -0.25) is 4.79 Å². The summed E-state index contributed by atoms with van der Waals surface area (Å²) in [5.74, 6) is 1.80. The molecule has 0 bridgehead atoms. The maximum absolute atomic E-state index is 12.2. The van der Waals surface area contributed by atoms with E-state index in [1.165, 1.54) is 4.90 Å². The van der Waals surface area contributed by atoms with E-state index in [0.29, 0.717) is 30.4 Å². The number of amides is 1. The van der Waals surface area contributed by atoms with Crippen LogP contribution >= 0.6 is 0 Å². The van der Waals surface area contributed by atoms with Gasteiger partial charge < -0.3 is 14.4 Å². The fourth-order valence-electron chi connectivity index (χ4n) is 2.60. The molecule has 1 fully saturated rings. The monoisotopic (exact) mass is 369 g/mol. The molecule has 1 amide bonds. The first-order valence-corrected chi connectivity index (χ1v) is 10.4. The Morgan fingerprint density at radius 3 is 2.56 bits per heavy atom. The van der Waals surface area contributed by atoms with E-state index in [4.69, 9.17) is 9.47 Å². The highest BCUT2D eigenvalue weighted by Gasteiger charge is 2.32. The number of ether oxygens (including phenoxy) is 2. The average molecular weight is 369 g/mol. The number of nitrogens with zero attached hydrogens (tertiary/aromatic N) is 1. The lowest BCUT2D eigenvalue weighted by atomic mass is 10.1. The highest BCUT2D eigenvalue weighted by atomic mass is 32.2. The van der Waals surface area contributed by atoms with E-state index >= 15 is 0 Å². The molecule has 2 rings (SSSR count). The lowest BCUT2D eigenvalue weighted by Gasteiger charge is -2.23. The molecule has 25 heavy (non-hydrogen) atoms. The number of carbonyl (C=O) groups excluding carboxylic acids is 1. The van der Waals surface area contributed by atoms with Crippen molar-refractivity contribution in [2.24, 2.45) is 5.92 Å². The number of likely N-dealkylation sites (N-methyl/N-ethyl adjacent to an activating group) is 1. The standard InChI is InChI=1S/C18H27NO5S/c1-14(2)7-9-23-16-5-4-6-17(11-16)24-12-18(20)19(3)15-8-10-25(21,22)13-15/h4-6,11,14-15H,7-10,12-13H2,1-3H3/t15-/m1/s1. The molecular formula is C18H27NO5S. The Balaban J connectivity index is 1.83. The zero-order chi connectivity index (χ0) is 18.4. The number of benzene rings is 1. The van der Waals surface area contributed by atoms with Gasteiger partial charge in [0.25, 0.3) is 5.91 Å². The van der Waals surface area contributed by atoms with Crippen LogP contribution in [0, 0.1) is 5.92 Å². The van der Waals surface area contributed by atoms with Crippen molar-refractivity contribution in [1.29, 1.82) is 0 Å². The molecule has 1 heterocycles. The van der Waals surface area contributed by atoms with Crippen LogP contribution in [0.3, 0.4) is 0 Å². The second-order valence-corrected chi connectivity index (χ2v) is 9.08. The van der Waals surface area contributed by atoms with E-state index in [2.05, 4.69) is 13.8 Å². The summed E-state index contributed by atoms with van der Waals surface area (Å²) >= 11 is 0. The third-order valence-electron chi connectivity index (χ3n) is 4.28. The maximum atomic E-state index is 12.2. The summed E-state index contributed by atoms with van der Waals surface area (Å²) in [6.45, 7) is 4.79. The highest BCUT2D eigenvalue weighted by molar-refractivity contribution is 7.91. The van der Waals surface area contributed by atoms with Crippen LogP contribution in [0.25, 0.3) is 0 Å². The first kappa shape index (κ1) is 19.6. The molecule has 0 radical (unpaired) electrons. The van der Waals surface area contributed by atoms with Gasteiger partial charge in [-0.1, -0.05) is 19.9 Å². The molecule has 7 heteroatoms. The second-order valence-electron chi connectivity index (χ2n) is 6.86. The van der Waals surface area contributed by atoms with Crippen LogP contribution in [0.2, 0.25) is 0 Å². The van der Waals surface area contributed by atoms with Crippen LogP contribution in [0.15, 0.2) is 24.3 Å². The summed E-state index contributed by atoms with van der Waals surface area (Å²) in [4.78, 5) is 13.7. The van der Waals surface area contributed by atoms with Gasteiger partial charge >= 0.3 is 0 Å². The van der Waals surface area contributed by atoms with Gasteiger partial charge in [-0.05, 0) is 30.9 Å². The van der Waals surface area contributed by atoms with Crippen LogP contribution < -0.4 is 9.47 Å². The summed E-state index contributed by atoms with van der Waals surface area (Å²) in [6.07, 6.45) is 1.46. The van der Waals surface area contributed by atoms with Crippen LogP contribution in [0.1, 0.15) is 26.7 Å². The Morgan fingerprint density at radius 2 is 1.96 bits per heavy atom. The number of hydrogen-bond donors (Lipinski definition) is 0. The molecule has 1 saturated heterocycles. The molecule has 0 spiro atoms. The van der Waals surface area contributed by atoms with E-state index in [1.807, 2.05) is 12.1 Å². The lowest BCUT2D eigenvalue weighted by Crippen LogP contribution is -2.40. The van der Waals surface area contributed by atoms with Gasteiger partial charge in [0.1, 0.15) is 11.5 Å². The Labute approximate surface area is 150 Å². The number of rotatable bonds is 8. The molecule has 1 aliphatic heterocycles. The van der Waals surface area contributed by atoms with Gasteiger partial charge in [-0.25, -0.2) is 8.42 Å². The Bertz CT molecular complexity index is 686. The summed E-state index contributed by atoms with van der Waals surface area (Å²) in [5.41, 5.74) is 0. The Morgan fingerprint density at radius 1 is 1.28 bits per heavy atom. The Kier molecular flexibility index (Phi) is 6.70. The number of sulfone groups is 1. The van der Waals surface area contributed by atoms with E-state index in [-0.39, 0.29) is 30.1 Å². The molecule has 0 aliphatic carbocycles. The van der Waals surface area contributed by atoms with Crippen molar-refractivity contribution in [3.05, 3.63) is 24.3 Å². The minimum Gasteiger partial charge on any atom is -0.493 e. The van der Waals surface area contributed by atoms with Crippen molar-refractivity contribution >= 4 is 15.7 Å². The van der Waals surface area contributed by atoms with E-state index in [0.717, 1.165) is 6.42 Å². The zero-order valence-electron chi connectivity index (χ0n) is 15.1. The molecule has 0 aromatic heterocycles. The summed E-state index contributed by atoms with van der Waals surface area (Å²) in [5, 5.41) is 0. The third kappa shape index (κ3) is 6.23. The highest BCUT2D eigenvalue weighted by Crippen LogP contribution is 2.21. The number of carbonyl (C=O) groups is 1. The third-order valence-corrected chi connectivity index (χ3v) is 6.03. The van der Waals surface area contributed by atoms with E-state index in [9.17, 15) is 13.2 Å². The summed E-state index contributed by atoms with van der Waals surface area (Å²) < 4.78 is 34.3. The quantitative estimate of drug-likeness (QED) is 0.702. The molecule has 1 aromatic rings. The molecule has 1 aliphatic rings. The molecule has 0 saturated carbocycles. The van der Waals surface area contributed by atoms with Gasteiger partial charge in [-0.15, -0.1) is 0 Å². The van der Waals surface area contributed by atoms with Gasteiger partial charge in [0.2, 0.25) is 0 Å². The average Bonchev–Trinajstić information content (AvgIpc) is 2.92. The SMILES string of the molecule is CC(C)CCOc1cccc(OCC(=O)N(C)[C@@H]2CCS(=O)(=O)C2)c1. The van der Waals surface area contributed by atoms with E-state index < -0.39 is 9.84 Å². The maximum Gasteiger partial charge on any atom is 0.260 e. The number of hydrogen-bond acceptors (Lipinski definition) is 5. The van der Waals surface area contributed by atoms with Crippen molar-refractivity contribution in [1.82, 2.24) is 4.90 Å². The predicted octanol–water partition coefficient (Wildman–Crippen LogP) is 2.14. The van der Waals surface area contributed by atoms with E-state index in [1.54, 1.807) is 19.2 Å². The van der Waals surface area contributed by atoms with Crippen molar-refractivity contribution in [2.75, 3.05) is 31.8 Å². The zero-order valence-corrected chi connectivity index (χ0v) is 15.9. The summed E-state index contributed by atoms with van der Waals surface area (Å²) in [7, 11) is -1.39. The van der Waals surface area contributed by atoms with Crippen molar-refractivity contribution in [3.63, 3.8) is 0 Å². The predicted molar refractivity (Wildman–Crippen MR) is 96.7 cm³/mol. The van der Waals surface area contributed by atoms with Gasteiger partial charge in [-0.2, -0.15) is 0 Å². The normalized spacial score (nSPS) is 19.0. The topological polar surface area (TPSA) is 72.9 Å². The first-order chi connectivity index (χ1) is 11.8. The van der Waals surface area contributed by atoms with Crippen molar-refractivity contribution in [2.45, 2.75) is 32.7 Å². The molecule has 140 valence electrons. The fourth-order valence-corrected chi connectivity index (χ4v) is 4.37. The van der Waals surface area contributed by atoms with Crippen molar-refractivity contribution < 1.29 is 22.7 Å². The molecule has 1 aromatic carbocycles. The van der Waals surface area contributed by atoms with Crippen LogP contribution in [-0.4, -0.2) is 57.0 Å². The second kappa shape index (κ2) is 8.56. The van der Waals surface area contributed by atoms with Gasteiger partial charge in [0, 0.05) is 19.2 Å². The minimum absolute atomic E-state index is 0.0361. The smallest absolute Gasteiger partial charge is 0.260 e. The van der Waals surface area contributed by atoms with Gasteiger partial charge in [0.15, 0.2) is 16.4 Å². The first-order valence-electron chi connectivity index (χ1n) is 8.58. The molecule has 0 N–H and O–H groups in total. The van der Waals surface area contributed by atoms with Gasteiger partial charge in [0.05, 0.1) is 18.1 Å². The minimum atomic E-state index is -3.01. The van der Waals surface area contributed by atoms with Crippen molar-refractivity contribution in [3.8, 4) is 11.5 Å². The van der Waals surface area contributed by atoms with Crippen LogP contribution in [0.4, 0.5) is 0 Å². The summed E-state index contributed by atoms with van der Waals surface area (Å²) in [6, 6.07) is 6.94. The molecule has 0 unspecified atom stereocenters. The largest absolute Gasteiger partial charge is 0.493 e. The van der Waals surface area contributed by atoms with Crippen LogP contribution in [-0.2, 0) is 14.6 Å². The lowest BCUT2D eigenvalue weighted by molar-refractivity contribution is -0.133. The fraction of sp³-hybridized carbons (Fsp3) is 0.611. The molecule has 6 nitrogen and oxygen atoms in total. The van der Waals surface area contributed by atoms with Crippen LogP contribution in [0.5, 0.6) is 11.5 Å². The molecule has 1 atom stereocenters.